The smallest absolute Gasteiger partial charge is 0.254 e. The molecule has 5 nitrogen and oxygen atoms in total. The molecule has 0 aliphatic rings. The lowest BCUT2D eigenvalue weighted by atomic mass is 10.4. The van der Waals surface area contributed by atoms with Crippen molar-refractivity contribution in [1.82, 2.24) is 9.84 Å². The molecule has 0 radical (unpaired) electrons. The van der Waals surface area contributed by atoms with Crippen molar-refractivity contribution in [3.05, 3.63) is 15.8 Å². The number of aliphatic hydroxyl groups excluding tert-OH is 1. The average molecular weight is 250 g/mol. The first-order valence-electron chi connectivity index (χ1n) is 4.26. The van der Waals surface area contributed by atoms with E-state index in [-0.39, 0.29) is 11.5 Å². The Morgan fingerprint density at radius 3 is 2.53 bits per heavy atom. The molecule has 0 amide bonds. The van der Waals surface area contributed by atoms with Gasteiger partial charge in [-0.2, -0.15) is 0 Å². The summed E-state index contributed by atoms with van der Waals surface area (Å²) in [4.78, 5) is 3.89. The lowest BCUT2D eigenvalue weighted by molar-refractivity contribution is 0.285. The molecule has 0 aliphatic carbocycles. The first kappa shape index (κ1) is 12.6. The number of hydrogen-bond donors (Lipinski definition) is 2. The third-order valence-corrected chi connectivity index (χ3v) is 4.44. The molecule has 86 valence electrons. The summed E-state index contributed by atoms with van der Waals surface area (Å²) in [7, 11) is -0.297. The van der Waals surface area contributed by atoms with Crippen LogP contribution >= 0.6 is 11.3 Å². The molecule has 1 heterocycles. The van der Waals surface area contributed by atoms with Crippen molar-refractivity contribution >= 4 is 21.4 Å². The largest absolute Gasteiger partial charge is 0.391 e. The number of hydrogen-bond acceptors (Lipinski definition) is 5. The van der Waals surface area contributed by atoms with Crippen LogP contribution in [0, 0.1) is 6.92 Å². The van der Waals surface area contributed by atoms with Crippen LogP contribution in [0.5, 0.6) is 0 Å². The Labute approximate surface area is 93.4 Å². The monoisotopic (exact) mass is 250 g/mol. The van der Waals surface area contributed by atoms with Gasteiger partial charge in [0.2, 0.25) is 0 Å². The summed E-state index contributed by atoms with van der Waals surface area (Å²) in [6, 6.07) is 1.49. The first-order valence-corrected chi connectivity index (χ1v) is 6.56. The van der Waals surface area contributed by atoms with E-state index in [1.807, 2.05) is 0 Å². The Morgan fingerprint density at radius 2 is 2.13 bits per heavy atom. The molecule has 0 saturated heterocycles. The van der Waals surface area contributed by atoms with Gasteiger partial charge in [-0.25, -0.2) is 13.4 Å². The van der Waals surface area contributed by atoms with Gasteiger partial charge in [0.15, 0.2) is 0 Å². The molecule has 0 aliphatic heterocycles. The standard InChI is InChI=1S/C8H14N2O3S2/c1-6-8(4-7(5-11)14-6)15(12,13)9-10(2)3/h4,9,11H,5H2,1-3H3. The number of hydrazine groups is 1. The van der Waals surface area contributed by atoms with Crippen molar-refractivity contribution in [2.24, 2.45) is 0 Å². The molecular formula is C8H14N2O3S2. The van der Waals surface area contributed by atoms with Gasteiger partial charge in [0.1, 0.15) is 0 Å². The van der Waals surface area contributed by atoms with E-state index in [9.17, 15) is 8.42 Å². The minimum atomic E-state index is -3.50. The van der Waals surface area contributed by atoms with Crippen LogP contribution in [-0.2, 0) is 16.6 Å². The number of aryl methyl sites for hydroxylation is 1. The van der Waals surface area contributed by atoms with Crippen LogP contribution in [0.25, 0.3) is 0 Å². The number of nitrogens with zero attached hydrogens (tertiary/aromatic N) is 1. The van der Waals surface area contributed by atoms with Crippen molar-refractivity contribution in [1.29, 1.82) is 0 Å². The quantitative estimate of drug-likeness (QED) is 0.754. The van der Waals surface area contributed by atoms with Crippen molar-refractivity contribution in [2.75, 3.05) is 14.1 Å². The Bertz CT molecular complexity index is 437. The number of thiophene rings is 1. The molecule has 0 atom stereocenters. The second-order valence-corrected chi connectivity index (χ2v) is 6.25. The van der Waals surface area contributed by atoms with E-state index in [4.69, 9.17) is 5.11 Å². The Balaban J connectivity index is 3.09. The molecule has 0 bridgehead atoms. The fourth-order valence-electron chi connectivity index (χ4n) is 1.16. The number of sulfonamides is 1. The molecule has 15 heavy (non-hydrogen) atoms. The zero-order valence-electron chi connectivity index (χ0n) is 8.81. The minimum Gasteiger partial charge on any atom is -0.391 e. The molecule has 0 aromatic carbocycles. The summed E-state index contributed by atoms with van der Waals surface area (Å²) in [6.07, 6.45) is 0. The molecule has 0 unspecified atom stereocenters. The highest BCUT2D eigenvalue weighted by molar-refractivity contribution is 7.89. The first-order chi connectivity index (χ1) is 6.86. The van der Waals surface area contributed by atoms with Gasteiger partial charge in [-0.3, -0.25) is 0 Å². The molecule has 1 rings (SSSR count). The number of aliphatic hydroxyl groups is 1. The lowest BCUT2D eigenvalue weighted by Gasteiger charge is -2.11. The van der Waals surface area contributed by atoms with Gasteiger partial charge in [0.25, 0.3) is 10.0 Å². The topological polar surface area (TPSA) is 69.6 Å². The van der Waals surface area contributed by atoms with Crippen LogP contribution in [-0.4, -0.2) is 32.6 Å². The van der Waals surface area contributed by atoms with E-state index in [1.165, 1.54) is 22.4 Å². The van der Waals surface area contributed by atoms with E-state index in [0.29, 0.717) is 9.75 Å². The van der Waals surface area contributed by atoms with Crippen LogP contribution in [0.4, 0.5) is 0 Å². The predicted molar refractivity (Wildman–Crippen MR) is 59.0 cm³/mol. The molecule has 7 heteroatoms. The van der Waals surface area contributed by atoms with Gasteiger partial charge in [0.05, 0.1) is 11.5 Å². The summed E-state index contributed by atoms with van der Waals surface area (Å²) in [5.74, 6) is 0. The Kier molecular flexibility index (Phi) is 3.85. The zero-order chi connectivity index (χ0) is 11.6. The van der Waals surface area contributed by atoms with Crippen molar-refractivity contribution < 1.29 is 13.5 Å². The Hall–Kier alpha value is -0.470. The highest BCUT2D eigenvalue weighted by Crippen LogP contribution is 2.25. The van der Waals surface area contributed by atoms with Crippen molar-refractivity contribution in [3.8, 4) is 0 Å². The van der Waals surface area contributed by atoms with E-state index < -0.39 is 10.0 Å². The zero-order valence-corrected chi connectivity index (χ0v) is 10.4. The summed E-state index contributed by atoms with van der Waals surface area (Å²) in [5.41, 5.74) is 0. The van der Waals surface area contributed by atoms with E-state index >= 15 is 0 Å². The maximum absolute atomic E-state index is 11.8. The minimum absolute atomic E-state index is 0.136. The summed E-state index contributed by atoms with van der Waals surface area (Å²) < 4.78 is 23.5. The van der Waals surface area contributed by atoms with Crippen LogP contribution in [0.1, 0.15) is 9.75 Å². The molecule has 0 spiro atoms. The van der Waals surface area contributed by atoms with E-state index in [2.05, 4.69) is 4.83 Å². The highest BCUT2D eigenvalue weighted by Gasteiger charge is 2.20. The lowest BCUT2D eigenvalue weighted by Crippen LogP contribution is -2.36. The average Bonchev–Trinajstić information content (AvgIpc) is 2.45. The molecular weight excluding hydrogens is 236 g/mol. The molecule has 1 aromatic heterocycles. The maximum atomic E-state index is 11.8. The number of rotatable bonds is 4. The second-order valence-electron chi connectivity index (χ2n) is 3.28. The Morgan fingerprint density at radius 1 is 1.53 bits per heavy atom. The van der Waals surface area contributed by atoms with Crippen LogP contribution in [0.3, 0.4) is 0 Å². The van der Waals surface area contributed by atoms with Gasteiger partial charge in [0, 0.05) is 23.8 Å². The third-order valence-electron chi connectivity index (χ3n) is 1.67. The number of nitrogens with one attached hydrogen (secondary N) is 1. The fourth-order valence-corrected chi connectivity index (χ4v) is 3.74. The van der Waals surface area contributed by atoms with Gasteiger partial charge in [-0.1, -0.05) is 0 Å². The van der Waals surface area contributed by atoms with E-state index in [0.717, 1.165) is 0 Å². The van der Waals surface area contributed by atoms with Crippen molar-refractivity contribution in [3.63, 3.8) is 0 Å². The maximum Gasteiger partial charge on any atom is 0.254 e. The van der Waals surface area contributed by atoms with E-state index in [1.54, 1.807) is 21.0 Å². The van der Waals surface area contributed by atoms with Gasteiger partial charge in [-0.05, 0) is 13.0 Å². The summed E-state index contributed by atoms with van der Waals surface area (Å²) >= 11 is 1.28. The predicted octanol–water partition coefficient (Wildman–Crippen LogP) is 0.304. The van der Waals surface area contributed by atoms with Gasteiger partial charge in [-0.15, -0.1) is 16.2 Å². The second kappa shape index (κ2) is 4.58. The molecule has 1 aromatic rings. The normalized spacial score (nSPS) is 12.3. The van der Waals surface area contributed by atoms with Gasteiger partial charge >= 0.3 is 0 Å². The SMILES string of the molecule is Cc1sc(CO)cc1S(=O)(=O)NN(C)C. The van der Waals surface area contributed by atoms with Crippen LogP contribution in [0.15, 0.2) is 11.0 Å². The molecule has 2 N–H and O–H groups in total. The highest BCUT2D eigenvalue weighted by atomic mass is 32.2. The van der Waals surface area contributed by atoms with Crippen LogP contribution < -0.4 is 4.83 Å². The van der Waals surface area contributed by atoms with Gasteiger partial charge < -0.3 is 5.11 Å². The van der Waals surface area contributed by atoms with Crippen LogP contribution in [0.2, 0.25) is 0 Å². The van der Waals surface area contributed by atoms with Crippen molar-refractivity contribution in [2.45, 2.75) is 18.4 Å². The summed E-state index contributed by atoms with van der Waals surface area (Å²) in [5, 5.41) is 10.3. The third kappa shape index (κ3) is 2.99. The fraction of sp³-hybridized carbons (Fsp3) is 0.500. The summed E-state index contributed by atoms with van der Waals surface area (Å²) in [6.45, 7) is 1.58. The molecule has 0 fully saturated rings. The molecule has 0 saturated carbocycles.